The van der Waals surface area contributed by atoms with E-state index < -0.39 is 14.8 Å². The molecule has 0 bridgehead atoms. The molecule has 2 N–H and O–H groups in total. The maximum Gasteiger partial charge on any atom is 0.327 e. The molecule has 1 atom stereocenters. The lowest BCUT2D eigenvalue weighted by atomic mass is 10.1. The highest BCUT2D eigenvalue weighted by Crippen LogP contribution is 2.11. The maximum atomic E-state index is 12.0. The van der Waals surface area contributed by atoms with Gasteiger partial charge in [0, 0.05) is 12.8 Å². The highest BCUT2D eigenvalue weighted by atomic mass is 31.1. The molecule has 7 nitrogen and oxygen atoms in total. The van der Waals surface area contributed by atoms with Crippen molar-refractivity contribution in [2.45, 2.75) is 103 Å². The van der Waals surface area contributed by atoms with E-state index in [1.807, 2.05) is 0 Å². The van der Waals surface area contributed by atoms with Crippen molar-refractivity contribution in [1.82, 2.24) is 0 Å². The average molecular weight is 434 g/mol. The van der Waals surface area contributed by atoms with Crippen LogP contribution in [0, 0.1) is 0 Å². The highest BCUT2D eigenvalue weighted by molar-refractivity contribution is 7.17. The summed E-state index contributed by atoms with van der Waals surface area (Å²) in [5.74, 6) is -0.659. The molecule has 0 fully saturated rings. The first-order valence-electron chi connectivity index (χ1n) is 11.1. The van der Waals surface area contributed by atoms with Crippen LogP contribution < -0.4 is 5.73 Å². The van der Waals surface area contributed by atoms with Crippen molar-refractivity contribution in [3.05, 3.63) is 0 Å². The van der Waals surface area contributed by atoms with E-state index >= 15 is 0 Å². The van der Waals surface area contributed by atoms with E-state index in [4.69, 9.17) is 19.7 Å². The third-order valence-electron chi connectivity index (χ3n) is 4.61. The second-order valence-electron chi connectivity index (χ2n) is 7.34. The molecule has 0 amide bonds. The number of unbranched alkanes of at least 4 members (excludes halogenated alkanes) is 10. The summed E-state index contributed by atoms with van der Waals surface area (Å²) in [6.07, 6.45) is 12.6. The summed E-state index contributed by atoms with van der Waals surface area (Å²) in [5, 5.41) is 0. The van der Waals surface area contributed by atoms with Gasteiger partial charge in [-0.2, -0.15) is 0 Å². The summed E-state index contributed by atoms with van der Waals surface area (Å²) in [5.41, 5.74) is 5.45. The zero-order valence-corrected chi connectivity index (χ0v) is 19.0. The summed E-state index contributed by atoms with van der Waals surface area (Å²) in [7, 11) is -0.494. The molecular formula is C21H40NO6P. The smallest absolute Gasteiger partial charge is 0.327 e. The Hall–Kier alpha value is -1.04. The van der Waals surface area contributed by atoms with Crippen molar-refractivity contribution in [1.29, 1.82) is 0 Å². The number of esters is 2. The third kappa shape index (κ3) is 20.0. The molecule has 0 unspecified atom stereocenters. The van der Waals surface area contributed by atoms with Crippen LogP contribution in [-0.2, 0) is 28.2 Å². The summed E-state index contributed by atoms with van der Waals surface area (Å²) in [4.78, 5) is 23.8. The average Bonchev–Trinajstić information content (AvgIpc) is 2.71. The molecule has 0 rings (SSSR count). The first kappa shape index (κ1) is 28.0. The van der Waals surface area contributed by atoms with Crippen molar-refractivity contribution in [3.63, 3.8) is 0 Å². The van der Waals surface area contributed by atoms with Crippen molar-refractivity contribution >= 4 is 20.6 Å². The number of ether oxygens (including phenoxy) is 2. The van der Waals surface area contributed by atoms with Gasteiger partial charge in [0.25, 0.3) is 0 Å². The fourth-order valence-corrected chi connectivity index (χ4v) is 3.13. The topological polar surface area (TPSA) is 105 Å². The van der Waals surface area contributed by atoms with Crippen LogP contribution in [0.5, 0.6) is 0 Å². The highest BCUT2D eigenvalue weighted by Gasteiger charge is 2.17. The molecule has 0 aromatic rings. The molecule has 0 saturated heterocycles. The lowest BCUT2D eigenvalue weighted by molar-refractivity contribution is -0.160. The van der Waals surface area contributed by atoms with Crippen LogP contribution in [-0.4, -0.2) is 37.8 Å². The molecule has 0 radical (unpaired) electrons. The van der Waals surface area contributed by atoms with E-state index in [1.165, 1.54) is 19.3 Å². The minimum absolute atomic E-state index is 0.0677. The third-order valence-corrected chi connectivity index (χ3v) is 4.87. The molecule has 0 spiro atoms. The lowest BCUT2D eigenvalue weighted by Gasteiger charge is -2.16. The maximum absolute atomic E-state index is 12.0. The van der Waals surface area contributed by atoms with Crippen LogP contribution >= 0.6 is 8.69 Å². The van der Waals surface area contributed by atoms with E-state index in [9.17, 15) is 14.2 Å². The molecule has 0 aliphatic rings. The van der Waals surface area contributed by atoms with Crippen LogP contribution in [0.2, 0.25) is 0 Å². The zero-order chi connectivity index (χ0) is 21.6. The van der Waals surface area contributed by atoms with E-state index in [0.29, 0.717) is 12.8 Å². The largest absolute Gasteiger partial charge is 0.462 e. The Morgan fingerprint density at radius 3 is 1.93 bits per heavy atom. The van der Waals surface area contributed by atoms with Gasteiger partial charge in [-0.1, -0.05) is 64.7 Å². The van der Waals surface area contributed by atoms with Crippen molar-refractivity contribution < 1.29 is 28.2 Å². The van der Waals surface area contributed by atoms with Crippen LogP contribution in [0.15, 0.2) is 0 Å². The van der Waals surface area contributed by atoms with Crippen molar-refractivity contribution in [3.8, 4) is 0 Å². The number of carbonyl (C=O) groups is 2. The predicted molar refractivity (Wildman–Crippen MR) is 114 cm³/mol. The Morgan fingerprint density at radius 1 is 0.793 bits per heavy atom. The standard InChI is InChI=1S/C21H40NO6P/c1-2-3-4-5-8-12-15-21(24)28-19(18-27-29-25)17-26-20(23)14-11-9-6-7-10-13-16-22/h19H,2-18,22H2,1H3/t19-/m1/s1. The molecule has 0 aliphatic heterocycles. The number of carbonyl (C=O) groups excluding carboxylic acids is 2. The number of rotatable bonds is 21. The second kappa shape index (κ2) is 21.7. The molecule has 8 heteroatoms. The molecule has 0 aromatic carbocycles. The molecule has 170 valence electrons. The van der Waals surface area contributed by atoms with Gasteiger partial charge < -0.3 is 15.2 Å². The Morgan fingerprint density at radius 2 is 1.34 bits per heavy atom. The van der Waals surface area contributed by atoms with Crippen LogP contribution in [0.25, 0.3) is 0 Å². The first-order chi connectivity index (χ1) is 14.1. The van der Waals surface area contributed by atoms with Gasteiger partial charge in [-0.25, -0.2) is 4.57 Å². The molecular weight excluding hydrogens is 393 g/mol. The number of hydrogen-bond acceptors (Lipinski definition) is 7. The Bertz CT molecular complexity index is 422. The van der Waals surface area contributed by atoms with Gasteiger partial charge in [0.05, 0.1) is 0 Å². The summed E-state index contributed by atoms with van der Waals surface area (Å²) in [6.45, 7) is 2.75. The molecule has 0 saturated carbocycles. The van der Waals surface area contributed by atoms with Crippen LogP contribution in [0.3, 0.4) is 0 Å². The van der Waals surface area contributed by atoms with Gasteiger partial charge >= 0.3 is 20.6 Å². The number of nitrogens with two attached hydrogens (primary N) is 1. The SMILES string of the molecule is CCCCCCCCC(=O)O[C@@H](COP=O)COC(=O)CCCCCCCCN. The van der Waals surface area contributed by atoms with E-state index in [0.717, 1.165) is 64.3 Å². The summed E-state index contributed by atoms with van der Waals surface area (Å²) >= 11 is 0. The lowest BCUT2D eigenvalue weighted by Crippen LogP contribution is -2.28. The molecule has 29 heavy (non-hydrogen) atoms. The van der Waals surface area contributed by atoms with Gasteiger partial charge in [0.15, 0.2) is 6.10 Å². The zero-order valence-electron chi connectivity index (χ0n) is 18.1. The minimum Gasteiger partial charge on any atom is -0.462 e. The monoisotopic (exact) mass is 433 g/mol. The van der Waals surface area contributed by atoms with Crippen LogP contribution in [0.1, 0.15) is 96.8 Å². The van der Waals surface area contributed by atoms with E-state index in [2.05, 4.69) is 6.92 Å². The van der Waals surface area contributed by atoms with Crippen molar-refractivity contribution in [2.75, 3.05) is 19.8 Å². The quantitative estimate of drug-likeness (QED) is 0.152. The molecule has 0 aliphatic carbocycles. The van der Waals surface area contributed by atoms with Gasteiger partial charge in [0.1, 0.15) is 13.2 Å². The Balaban J connectivity index is 3.94. The predicted octanol–water partition coefficient (Wildman–Crippen LogP) is 5.10. The normalized spacial score (nSPS) is 12.1. The second-order valence-corrected chi connectivity index (χ2v) is 7.75. The molecule has 0 aromatic heterocycles. The minimum atomic E-state index is -0.732. The summed E-state index contributed by atoms with van der Waals surface area (Å²) < 4.78 is 25.8. The van der Waals surface area contributed by atoms with Gasteiger partial charge in [-0.05, 0) is 25.8 Å². The van der Waals surface area contributed by atoms with Gasteiger partial charge in [0.2, 0.25) is 0 Å². The fraction of sp³-hybridized carbons (Fsp3) is 0.905. The Kier molecular flexibility index (Phi) is 20.9. The van der Waals surface area contributed by atoms with E-state index in [1.54, 1.807) is 0 Å². The Labute approximate surface area is 177 Å². The molecule has 0 heterocycles. The van der Waals surface area contributed by atoms with Gasteiger partial charge in [-0.15, -0.1) is 0 Å². The van der Waals surface area contributed by atoms with E-state index in [-0.39, 0.29) is 25.2 Å². The first-order valence-corrected chi connectivity index (χ1v) is 11.9. The number of hydrogen-bond donors (Lipinski definition) is 1. The summed E-state index contributed by atoms with van der Waals surface area (Å²) in [6, 6.07) is 0. The fourth-order valence-electron chi connectivity index (χ4n) is 2.90. The van der Waals surface area contributed by atoms with Crippen LogP contribution in [0.4, 0.5) is 0 Å². The van der Waals surface area contributed by atoms with Gasteiger partial charge in [-0.3, -0.25) is 14.1 Å². The van der Waals surface area contributed by atoms with Crippen molar-refractivity contribution in [2.24, 2.45) is 5.73 Å².